The quantitative estimate of drug-likeness (QED) is 0.0136. The van der Waals surface area contributed by atoms with E-state index in [0.717, 1.165) is 61.0 Å². The van der Waals surface area contributed by atoms with Crippen LogP contribution in [0.5, 0.6) is 0 Å². The number of nitrogens with zero attached hydrogens (tertiary/aromatic N) is 8. The molecule has 649 valence electrons. The Labute approximate surface area is 729 Å². The summed E-state index contributed by atoms with van der Waals surface area (Å²) in [6.45, 7) is 13.3. The normalized spacial score (nSPS) is 11.7. The first-order chi connectivity index (χ1) is 58.1. The minimum atomic E-state index is -4.67. The van der Waals surface area contributed by atoms with E-state index in [1.165, 1.54) is 124 Å². The maximum absolute atomic E-state index is 14.4. The Morgan fingerprint density at radius 3 is 1.54 bits per heavy atom. The Hall–Kier alpha value is -12.8. The Kier molecular flexibility index (Phi) is 38.5. The Morgan fingerprint density at radius 1 is 0.677 bits per heavy atom. The number of fused-ring (bicyclic) bond motifs is 4. The first-order valence-corrected chi connectivity index (χ1v) is 39.8. The molecule has 0 fully saturated rings. The molecule has 4 N–H and O–H groups in total. The topological polar surface area (TPSA) is 317 Å². The van der Waals surface area contributed by atoms with E-state index in [4.69, 9.17) is 37.0 Å². The second-order valence-electron chi connectivity index (χ2n) is 27.5. The zero-order valence-electron chi connectivity index (χ0n) is 69.5. The first-order valence-electron chi connectivity index (χ1n) is 37.2. The molecule has 1 radical (unpaired) electrons. The number of cyclic esters (lactones) is 1. The zero-order valence-corrected chi connectivity index (χ0v) is 72.8. The summed E-state index contributed by atoms with van der Waals surface area (Å²) in [5.41, 5.74) is 9.88. The molecule has 0 aliphatic carbocycles. The number of allylic oxidation sites excluding steroid dienone is 1. The predicted molar refractivity (Wildman–Crippen MR) is 481 cm³/mol. The van der Waals surface area contributed by atoms with Crippen LogP contribution in [0.3, 0.4) is 0 Å². The number of pyridine rings is 4. The van der Waals surface area contributed by atoms with Gasteiger partial charge in [-0.1, -0.05) is 98.4 Å². The number of halogens is 6. The van der Waals surface area contributed by atoms with Gasteiger partial charge in [0.1, 0.15) is 52.3 Å². The van der Waals surface area contributed by atoms with Crippen LogP contribution in [0.15, 0.2) is 260 Å². The number of ketones is 1. The van der Waals surface area contributed by atoms with Crippen LogP contribution >= 0.6 is 28.7 Å². The van der Waals surface area contributed by atoms with Gasteiger partial charge in [0.05, 0.1) is 57.8 Å². The van der Waals surface area contributed by atoms with Crippen molar-refractivity contribution in [2.75, 3.05) is 31.4 Å². The summed E-state index contributed by atoms with van der Waals surface area (Å²) in [6, 6.07) is 61.5. The van der Waals surface area contributed by atoms with Gasteiger partial charge in [0.25, 0.3) is 16.7 Å². The molecule has 0 saturated carbocycles. The maximum atomic E-state index is 14.4. The molecule has 1 aliphatic rings. The molecule has 5 aromatic heterocycles. The number of nitriles is 1. The predicted octanol–water partition coefficient (Wildman–Crippen LogP) is 17.2. The van der Waals surface area contributed by atoms with Gasteiger partial charge in [0, 0.05) is 120 Å². The van der Waals surface area contributed by atoms with E-state index < -0.39 is 33.7 Å². The van der Waals surface area contributed by atoms with Gasteiger partial charge in [-0.15, -0.1) is 0 Å². The van der Waals surface area contributed by atoms with E-state index in [2.05, 4.69) is 92.7 Å². The van der Waals surface area contributed by atoms with E-state index in [-0.39, 0.29) is 83.7 Å². The van der Waals surface area contributed by atoms with Crippen molar-refractivity contribution >= 4 is 120 Å². The Morgan fingerprint density at radius 2 is 1.10 bits per heavy atom. The number of ether oxygens (including phenoxy) is 3. The molecule has 13 aromatic rings. The SMILES string of the molecule is C.CC#N.CC(=O)CC(=O)N(C)c1ccc(F)cc1.CC1=CC(=O)OC(C)(C)O1.CNc1ccc(F)cc1.COC(=O)[C@H](Cc1ccc(-c2c(C)c3cc(F)ccc3n(C)c2=O)c2nccn12)NC(c1ccccc1)(c1ccccc1)c1ccccc1.Cc1c(Br)c(=O)n(C)c2ccc(F)cc12.Cc1cc(=O)n(C)c2ccc(F)cc12.O=S(=O)(O)O.[B]=NS. The second-order valence-corrected chi connectivity index (χ2v) is 29.5. The van der Waals surface area contributed by atoms with Crippen molar-refractivity contribution in [1.82, 2.24) is 28.4 Å². The average Bonchev–Trinajstić information content (AvgIpc) is 1.09. The van der Waals surface area contributed by atoms with Crippen LogP contribution in [0.4, 0.5) is 33.3 Å². The van der Waals surface area contributed by atoms with Gasteiger partial charge in [0.2, 0.25) is 11.7 Å². The third-order valence-corrected chi connectivity index (χ3v) is 19.5. The number of carbonyl (C=O) groups is 4. The van der Waals surface area contributed by atoms with Crippen molar-refractivity contribution in [2.45, 2.75) is 93.0 Å². The van der Waals surface area contributed by atoms with Crippen molar-refractivity contribution in [1.29, 1.82) is 5.26 Å². The third kappa shape index (κ3) is 27.8. The molecule has 0 saturated heterocycles. The molecule has 0 bridgehead atoms. The van der Waals surface area contributed by atoms with Crippen LogP contribution in [-0.4, -0.2) is 105 Å². The zero-order chi connectivity index (χ0) is 91.4. The van der Waals surface area contributed by atoms with E-state index in [9.17, 15) is 55.5 Å². The number of nitrogens with one attached hydrogen (secondary N) is 2. The number of rotatable bonds is 13. The molecule has 124 heavy (non-hydrogen) atoms. The van der Waals surface area contributed by atoms with E-state index in [0.29, 0.717) is 49.2 Å². The van der Waals surface area contributed by atoms with Gasteiger partial charge in [-0.05, 0) is 199 Å². The van der Waals surface area contributed by atoms with Crippen LogP contribution in [0.1, 0.15) is 87.5 Å². The van der Waals surface area contributed by atoms with E-state index >= 15 is 0 Å². The standard InChI is InChI=1S/C41H35FN4O3.C11H9BrFNO.C11H12FNO2.C11H10FNO.C7H8FN.C7H10O3.C2H3N.CH4.BHNS.H2O4S/c1-27-34-25-31(42)19-22-36(34)45(2)39(47)37(27)33-21-20-32(46-24-23-43-38(33)46)26-35(40(48)49-3)44-41(28-13-7-4-8-14-28,29-15-9-5-10-16-29)30-17-11-6-12-18-30;1-6-8-5-7(13)3-4-9(8)14(2)11(15)10(6)12;1-8(14)7-11(15)13(2)10-5-3-9(12)4-6-10;1-7-5-11(14)13(2)10-4-3-8(12)6-9(7)10;1-9-7-4-2-6(8)3-5-7;1-5-4-6(8)10-7(2,3)9-5;1-2-3;;1-2-3;1-5(2,3)4/h4-25,35,44H,26H2,1-3H3;3-5H,1-2H3;3-6H,7H2,1-2H3;3-6H,1-2H3;2-5,9H,1H3;4H,1-3H3;1H3;1H4;3H;(H2,1,2,3,4)/t35-;;;;;;;;;/m0........./s1. The monoisotopic (exact) mass is 1800 g/mol. The average molecular weight is 1800 g/mol. The molecule has 0 spiro atoms. The molecule has 1 amide bonds. The minimum absolute atomic E-state index is 0. The van der Waals surface area contributed by atoms with Gasteiger partial charge in [-0.25, -0.2) is 31.7 Å². The number of carbonyl (C=O) groups excluding carboxylic acids is 4. The van der Waals surface area contributed by atoms with Gasteiger partial charge >= 0.3 is 47.1 Å². The van der Waals surface area contributed by atoms with Crippen LogP contribution in [0.25, 0.3) is 49.5 Å². The first kappa shape index (κ1) is 102. The number of anilines is 2. The number of benzene rings is 8. The Bertz CT molecular complexity index is 6200. The number of hydrogen-bond donors (Lipinski definition) is 5. The third-order valence-electron chi connectivity index (χ3n) is 18.6. The second kappa shape index (κ2) is 47.0. The molecule has 1 aliphatic heterocycles. The number of hydrogen-bond acceptors (Lipinski definition) is 18. The number of Topliss-reactive ketones (excluding diaryl/α,β-unsaturated/α-hetero) is 1. The number of amides is 1. The summed E-state index contributed by atoms with van der Waals surface area (Å²) in [6.07, 6.45) is 4.93. The fraction of sp³-hybridized carbons (Fsp3) is 0.220. The molecule has 0 unspecified atom stereocenters. The van der Waals surface area contributed by atoms with Gasteiger partial charge in [-0.2, -0.15) is 13.7 Å². The van der Waals surface area contributed by atoms with Crippen molar-refractivity contribution in [3.8, 4) is 17.2 Å². The van der Waals surface area contributed by atoms with Crippen LogP contribution in [-0.2, 0) is 76.9 Å². The number of esters is 2. The van der Waals surface area contributed by atoms with Crippen LogP contribution in [0.2, 0.25) is 0 Å². The summed E-state index contributed by atoms with van der Waals surface area (Å²) in [7, 11) is 9.46. The molecule has 6 heterocycles. The summed E-state index contributed by atoms with van der Waals surface area (Å²) < 4.78 is 122. The van der Waals surface area contributed by atoms with E-state index in [1.54, 1.807) is 106 Å². The van der Waals surface area contributed by atoms with Gasteiger partial charge in [0.15, 0.2) is 0 Å². The number of methoxy groups -OCH3 is 1. The Balaban J connectivity index is 0.000000296. The number of thiol groups is 1. The van der Waals surface area contributed by atoms with Crippen LogP contribution in [0, 0.1) is 61.2 Å². The van der Waals surface area contributed by atoms with Crippen molar-refractivity contribution in [3.63, 3.8) is 0 Å². The summed E-state index contributed by atoms with van der Waals surface area (Å²) in [5, 5.41) is 16.2. The molecule has 24 nitrogen and oxygen atoms in total. The molecule has 14 rings (SSSR count). The van der Waals surface area contributed by atoms with Crippen LogP contribution < -0.4 is 32.2 Å². The molecule has 1 atom stereocenters. The van der Waals surface area contributed by atoms with Gasteiger partial charge in [-0.3, -0.25) is 43.2 Å². The fourth-order valence-corrected chi connectivity index (χ4v) is 13.4. The molecular formula is C91H94BBrF5N10O14S2. The van der Waals surface area contributed by atoms with Gasteiger partial charge < -0.3 is 42.5 Å². The number of imidazole rings is 1. The number of aryl methyl sites for hydroxylation is 6. The molecule has 8 aromatic carbocycles. The van der Waals surface area contributed by atoms with E-state index in [1.807, 2.05) is 91.2 Å². The van der Waals surface area contributed by atoms with Crippen molar-refractivity contribution in [2.24, 2.45) is 25.4 Å². The van der Waals surface area contributed by atoms with Crippen molar-refractivity contribution < 1.29 is 72.9 Å². The van der Waals surface area contributed by atoms with Crippen molar-refractivity contribution in [3.05, 3.63) is 340 Å². The number of aromatic nitrogens is 5. The summed E-state index contributed by atoms with van der Waals surface area (Å²) in [4.78, 5) is 89.5. The summed E-state index contributed by atoms with van der Waals surface area (Å²) >= 11 is 6.41. The molecule has 33 heteroatoms. The summed E-state index contributed by atoms with van der Waals surface area (Å²) in [5.74, 6) is -2.95. The molecular weight excluding hydrogens is 1710 g/mol. The fourth-order valence-electron chi connectivity index (χ4n) is 12.9.